The van der Waals surface area contributed by atoms with Crippen molar-refractivity contribution in [3.63, 3.8) is 0 Å². The summed E-state index contributed by atoms with van der Waals surface area (Å²) in [7, 11) is 1.61. The van der Waals surface area contributed by atoms with Crippen LogP contribution in [0, 0.1) is 13.8 Å². The lowest BCUT2D eigenvalue weighted by molar-refractivity contribution is 0.102. The van der Waals surface area contributed by atoms with E-state index in [0.29, 0.717) is 35.9 Å². The number of ether oxygens (including phenoxy) is 2. The van der Waals surface area contributed by atoms with Crippen LogP contribution < -0.4 is 4.74 Å². The highest BCUT2D eigenvalue weighted by molar-refractivity contribution is 6.11. The fourth-order valence-electron chi connectivity index (χ4n) is 2.02. The van der Waals surface area contributed by atoms with E-state index in [-0.39, 0.29) is 5.78 Å². The van der Waals surface area contributed by atoms with Crippen molar-refractivity contribution in [1.82, 2.24) is 0 Å². The van der Waals surface area contributed by atoms with Gasteiger partial charge in [0.05, 0.1) is 17.7 Å². The zero-order chi connectivity index (χ0) is 14.5. The standard InChI is InChI=1S/C16H18O4/c1-11-10-14(12(2)20-11)16(17)13-6-4-5-7-15(13)19-9-8-18-3/h4-7,10H,8-9H2,1-3H3. The Hall–Kier alpha value is -2.07. The van der Waals surface area contributed by atoms with Gasteiger partial charge in [-0.1, -0.05) is 12.1 Å². The Bertz CT molecular complexity index is 598. The highest BCUT2D eigenvalue weighted by Gasteiger charge is 2.19. The third kappa shape index (κ3) is 3.08. The van der Waals surface area contributed by atoms with E-state index < -0.39 is 0 Å². The summed E-state index contributed by atoms with van der Waals surface area (Å²) in [6, 6.07) is 8.95. The molecule has 0 saturated heterocycles. The summed E-state index contributed by atoms with van der Waals surface area (Å²) in [6.45, 7) is 4.50. The largest absolute Gasteiger partial charge is 0.490 e. The lowest BCUT2D eigenvalue weighted by atomic mass is 10.0. The molecule has 0 fully saturated rings. The summed E-state index contributed by atoms with van der Waals surface area (Å²) in [6.07, 6.45) is 0. The van der Waals surface area contributed by atoms with E-state index in [4.69, 9.17) is 13.9 Å². The molecule has 0 radical (unpaired) electrons. The highest BCUT2D eigenvalue weighted by atomic mass is 16.5. The van der Waals surface area contributed by atoms with Crippen LogP contribution in [0.5, 0.6) is 5.75 Å². The minimum atomic E-state index is -0.0904. The summed E-state index contributed by atoms with van der Waals surface area (Å²) in [5.74, 6) is 1.82. The Balaban J connectivity index is 2.27. The van der Waals surface area contributed by atoms with Crippen LogP contribution >= 0.6 is 0 Å². The zero-order valence-corrected chi connectivity index (χ0v) is 11.9. The van der Waals surface area contributed by atoms with Gasteiger partial charge in [0.2, 0.25) is 0 Å². The molecule has 0 bridgehead atoms. The number of carbonyl (C=O) groups excluding carboxylic acids is 1. The third-order valence-corrected chi connectivity index (χ3v) is 2.96. The van der Waals surface area contributed by atoms with Crippen LogP contribution in [0.2, 0.25) is 0 Å². The molecule has 0 amide bonds. The Labute approximate surface area is 118 Å². The Morgan fingerprint density at radius 1 is 1.15 bits per heavy atom. The van der Waals surface area contributed by atoms with Crippen LogP contribution in [-0.2, 0) is 4.74 Å². The molecular formula is C16H18O4. The van der Waals surface area contributed by atoms with Crippen molar-refractivity contribution in [3.05, 3.63) is 53.0 Å². The summed E-state index contributed by atoms with van der Waals surface area (Å²) in [4.78, 5) is 12.6. The van der Waals surface area contributed by atoms with Crippen LogP contribution in [0.3, 0.4) is 0 Å². The molecule has 1 aromatic heterocycles. The minimum Gasteiger partial charge on any atom is -0.490 e. The zero-order valence-electron chi connectivity index (χ0n) is 11.9. The molecule has 106 valence electrons. The van der Waals surface area contributed by atoms with E-state index in [0.717, 1.165) is 5.76 Å². The maximum Gasteiger partial charge on any atom is 0.200 e. The fourth-order valence-corrected chi connectivity index (χ4v) is 2.02. The molecule has 0 saturated carbocycles. The van der Waals surface area contributed by atoms with Gasteiger partial charge in [-0.25, -0.2) is 0 Å². The topological polar surface area (TPSA) is 48.7 Å². The van der Waals surface area contributed by atoms with Gasteiger partial charge in [0, 0.05) is 7.11 Å². The normalized spacial score (nSPS) is 10.6. The number of methoxy groups -OCH3 is 1. The van der Waals surface area contributed by atoms with Crippen LogP contribution in [0.1, 0.15) is 27.4 Å². The first-order chi connectivity index (χ1) is 9.63. The monoisotopic (exact) mass is 274 g/mol. The van der Waals surface area contributed by atoms with E-state index in [1.54, 1.807) is 32.2 Å². The van der Waals surface area contributed by atoms with E-state index >= 15 is 0 Å². The number of benzene rings is 1. The number of carbonyl (C=O) groups is 1. The first kappa shape index (κ1) is 14.3. The Morgan fingerprint density at radius 2 is 1.90 bits per heavy atom. The first-order valence-corrected chi connectivity index (χ1v) is 6.46. The van der Waals surface area contributed by atoms with Crippen LogP contribution in [0.4, 0.5) is 0 Å². The third-order valence-electron chi connectivity index (χ3n) is 2.96. The van der Waals surface area contributed by atoms with Gasteiger partial charge in [0.15, 0.2) is 5.78 Å². The maximum absolute atomic E-state index is 12.6. The Kier molecular flexibility index (Phi) is 4.58. The molecule has 0 atom stereocenters. The van der Waals surface area contributed by atoms with Gasteiger partial charge in [-0.2, -0.15) is 0 Å². The van der Waals surface area contributed by atoms with Crippen molar-refractivity contribution >= 4 is 5.78 Å². The van der Waals surface area contributed by atoms with Crippen LogP contribution in [-0.4, -0.2) is 26.1 Å². The Morgan fingerprint density at radius 3 is 2.55 bits per heavy atom. The van der Waals surface area contributed by atoms with E-state index in [1.807, 2.05) is 19.1 Å². The molecule has 4 nitrogen and oxygen atoms in total. The number of hydrogen-bond acceptors (Lipinski definition) is 4. The van der Waals surface area contributed by atoms with Crippen molar-refractivity contribution in [2.24, 2.45) is 0 Å². The second-order valence-corrected chi connectivity index (χ2v) is 4.49. The van der Waals surface area contributed by atoms with Crippen molar-refractivity contribution in [3.8, 4) is 5.75 Å². The van der Waals surface area contributed by atoms with E-state index in [1.165, 1.54) is 0 Å². The number of aryl methyl sites for hydroxylation is 2. The molecule has 0 aliphatic heterocycles. The molecule has 0 aliphatic carbocycles. The number of ketones is 1. The minimum absolute atomic E-state index is 0.0904. The second kappa shape index (κ2) is 6.39. The number of rotatable bonds is 6. The summed E-state index contributed by atoms with van der Waals surface area (Å²) >= 11 is 0. The summed E-state index contributed by atoms with van der Waals surface area (Å²) in [5, 5.41) is 0. The lowest BCUT2D eigenvalue weighted by Crippen LogP contribution is -2.09. The quantitative estimate of drug-likeness (QED) is 0.599. The lowest BCUT2D eigenvalue weighted by Gasteiger charge is -2.10. The number of furan rings is 1. The van der Waals surface area contributed by atoms with E-state index in [2.05, 4.69) is 0 Å². The van der Waals surface area contributed by atoms with Gasteiger partial charge in [-0.15, -0.1) is 0 Å². The second-order valence-electron chi connectivity index (χ2n) is 4.49. The molecule has 2 rings (SSSR count). The average molecular weight is 274 g/mol. The predicted molar refractivity (Wildman–Crippen MR) is 75.4 cm³/mol. The summed E-state index contributed by atoms with van der Waals surface area (Å²) < 4.78 is 16.0. The molecule has 4 heteroatoms. The highest BCUT2D eigenvalue weighted by Crippen LogP contribution is 2.24. The molecule has 0 unspecified atom stereocenters. The van der Waals surface area contributed by atoms with Gasteiger partial charge in [-0.05, 0) is 32.0 Å². The van der Waals surface area contributed by atoms with Gasteiger partial charge in [0.1, 0.15) is 23.9 Å². The molecule has 2 aromatic rings. The molecule has 0 N–H and O–H groups in total. The van der Waals surface area contributed by atoms with Crippen molar-refractivity contribution in [2.75, 3.05) is 20.3 Å². The average Bonchev–Trinajstić information content (AvgIpc) is 2.78. The van der Waals surface area contributed by atoms with Gasteiger partial charge in [0.25, 0.3) is 0 Å². The molecule has 20 heavy (non-hydrogen) atoms. The SMILES string of the molecule is COCCOc1ccccc1C(=O)c1cc(C)oc1C. The molecular weight excluding hydrogens is 256 g/mol. The van der Waals surface area contributed by atoms with Gasteiger partial charge in [-0.3, -0.25) is 4.79 Å². The maximum atomic E-state index is 12.6. The van der Waals surface area contributed by atoms with Gasteiger partial charge < -0.3 is 13.9 Å². The molecule has 1 aromatic carbocycles. The smallest absolute Gasteiger partial charge is 0.200 e. The fraction of sp³-hybridized carbons (Fsp3) is 0.312. The van der Waals surface area contributed by atoms with Crippen molar-refractivity contribution in [2.45, 2.75) is 13.8 Å². The number of para-hydroxylation sites is 1. The molecule has 0 aliphatic rings. The summed E-state index contributed by atoms with van der Waals surface area (Å²) in [5.41, 5.74) is 1.11. The van der Waals surface area contributed by atoms with Crippen molar-refractivity contribution in [1.29, 1.82) is 0 Å². The van der Waals surface area contributed by atoms with Crippen LogP contribution in [0.25, 0.3) is 0 Å². The van der Waals surface area contributed by atoms with E-state index in [9.17, 15) is 4.79 Å². The molecule has 1 heterocycles. The molecule has 0 spiro atoms. The van der Waals surface area contributed by atoms with Gasteiger partial charge >= 0.3 is 0 Å². The van der Waals surface area contributed by atoms with Crippen molar-refractivity contribution < 1.29 is 18.7 Å². The van der Waals surface area contributed by atoms with Crippen LogP contribution in [0.15, 0.2) is 34.7 Å². The first-order valence-electron chi connectivity index (χ1n) is 6.46. The predicted octanol–water partition coefficient (Wildman–Crippen LogP) is 3.15. The number of hydrogen-bond donors (Lipinski definition) is 0.